The quantitative estimate of drug-likeness (QED) is 0.231. The van der Waals surface area contributed by atoms with Crippen LogP contribution in [0.15, 0.2) is 84.0 Å². The SMILES string of the molecule is COc1cc(-c2cnc3c(c2)c(-c2ccc(C(=O)N(C)CC4CCOC4)cc2)cn3S(=O)(=O)c2ccc(C)cc2)cc2c1CNCC2. The molecule has 0 radical (unpaired) electrons. The van der Waals surface area contributed by atoms with Gasteiger partial charge in [0.1, 0.15) is 5.75 Å². The number of nitrogens with zero attached hydrogens (tertiary/aromatic N) is 3. The second-order valence-corrected chi connectivity index (χ2v) is 14.3. The van der Waals surface area contributed by atoms with Gasteiger partial charge in [0.15, 0.2) is 5.65 Å². The molecular formula is C37H38N4O5S. The standard InChI is InChI=1S/C37H38N4O5S/c1-24-4-10-31(11-5-24)47(43,44)41-22-34(26-6-8-27(9-7-26)37(42)40(2)21-25-13-15-46-23-25)32-17-30(19-39-36(32)41)29-16-28-12-14-38-20-33(28)35(18-29)45-3/h4-11,16-19,22,25,38H,12-15,20-21,23H2,1-3H3. The molecule has 0 aliphatic carbocycles. The molecule has 0 saturated carbocycles. The third-order valence-corrected chi connectivity index (χ3v) is 10.9. The van der Waals surface area contributed by atoms with E-state index in [-0.39, 0.29) is 10.8 Å². The van der Waals surface area contributed by atoms with Crippen LogP contribution in [0.3, 0.4) is 0 Å². The van der Waals surface area contributed by atoms with Crippen LogP contribution in [0, 0.1) is 12.8 Å². The fourth-order valence-corrected chi connectivity index (χ4v) is 7.92. The molecule has 9 nitrogen and oxygen atoms in total. The van der Waals surface area contributed by atoms with Gasteiger partial charge in [0, 0.05) is 72.7 Å². The van der Waals surface area contributed by atoms with Crippen molar-refractivity contribution in [3.8, 4) is 28.0 Å². The first-order valence-corrected chi connectivity index (χ1v) is 17.3. The zero-order valence-electron chi connectivity index (χ0n) is 26.8. The summed E-state index contributed by atoms with van der Waals surface area (Å²) in [6, 6.07) is 20.4. The van der Waals surface area contributed by atoms with Crippen molar-refractivity contribution in [1.29, 1.82) is 0 Å². The van der Waals surface area contributed by atoms with Crippen LogP contribution in [-0.2, 0) is 27.7 Å². The predicted molar refractivity (Wildman–Crippen MR) is 182 cm³/mol. The number of hydrogen-bond donors (Lipinski definition) is 1. The summed E-state index contributed by atoms with van der Waals surface area (Å²) in [5.74, 6) is 1.10. The lowest BCUT2D eigenvalue weighted by molar-refractivity contribution is 0.0766. The molecule has 1 fully saturated rings. The normalized spacial score (nSPS) is 16.3. The number of aromatic nitrogens is 2. The topological polar surface area (TPSA) is 103 Å². The molecule has 1 unspecified atom stereocenters. The van der Waals surface area contributed by atoms with Crippen molar-refractivity contribution in [3.63, 3.8) is 0 Å². The van der Waals surface area contributed by atoms with Crippen molar-refractivity contribution < 1.29 is 22.7 Å². The molecule has 5 aromatic rings. The highest BCUT2D eigenvalue weighted by Crippen LogP contribution is 2.37. The first-order valence-electron chi connectivity index (χ1n) is 15.9. The zero-order valence-corrected chi connectivity index (χ0v) is 27.6. The van der Waals surface area contributed by atoms with Crippen molar-refractivity contribution in [3.05, 3.63) is 101 Å². The first kappa shape index (κ1) is 31.1. The minimum atomic E-state index is -3.96. The van der Waals surface area contributed by atoms with Crippen LogP contribution < -0.4 is 10.1 Å². The molecule has 47 heavy (non-hydrogen) atoms. The second-order valence-electron chi connectivity index (χ2n) is 12.5. The number of amides is 1. The summed E-state index contributed by atoms with van der Waals surface area (Å²) in [5.41, 5.74) is 7.55. The molecule has 2 aliphatic rings. The lowest BCUT2D eigenvalue weighted by Crippen LogP contribution is -2.32. The van der Waals surface area contributed by atoms with Gasteiger partial charge in [-0.3, -0.25) is 4.79 Å². The number of benzene rings is 3. The molecule has 1 atom stereocenters. The summed E-state index contributed by atoms with van der Waals surface area (Å²) in [4.78, 5) is 19.9. The minimum absolute atomic E-state index is 0.0617. The van der Waals surface area contributed by atoms with Crippen LogP contribution in [0.5, 0.6) is 5.75 Å². The number of ether oxygens (including phenoxy) is 2. The number of fused-ring (bicyclic) bond motifs is 2. The summed E-state index contributed by atoms with van der Waals surface area (Å²) in [6.07, 6.45) is 5.21. The Hall–Kier alpha value is -4.51. The number of aryl methyl sites for hydroxylation is 1. The fourth-order valence-electron chi connectivity index (χ4n) is 6.60. The Kier molecular flexibility index (Phi) is 8.34. The van der Waals surface area contributed by atoms with Crippen molar-refractivity contribution in [2.45, 2.75) is 31.2 Å². The number of pyridine rings is 1. The maximum Gasteiger partial charge on any atom is 0.269 e. The van der Waals surface area contributed by atoms with Gasteiger partial charge in [0.05, 0.1) is 18.6 Å². The summed E-state index contributed by atoms with van der Waals surface area (Å²) in [7, 11) is -0.461. The van der Waals surface area contributed by atoms with E-state index >= 15 is 0 Å². The van der Waals surface area contributed by atoms with Crippen LogP contribution in [0.25, 0.3) is 33.3 Å². The second kappa shape index (κ2) is 12.6. The van der Waals surface area contributed by atoms with Gasteiger partial charge in [-0.2, -0.15) is 0 Å². The van der Waals surface area contributed by atoms with Crippen molar-refractivity contribution in [1.82, 2.24) is 19.2 Å². The molecule has 3 aromatic carbocycles. The largest absolute Gasteiger partial charge is 0.496 e. The smallest absolute Gasteiger partial charge is 0.269 e. The van der Waals surface area contributed by atoms with E-state index in [1.165, 1.54) is 9.54 Å². The highest BCUT2D eigenvalue weighted by atomic mass is 32.2. The fraction of sp³-hybridized carbons (Fsp3) is 0.297. The Morgan fingerprint density at radius 3 is 2.57 bits per heavy atom. The maximum atomic E-state index is 14.0. The molecule has 1 saturated heterocycles. The molecule has 2 aromatic heterocycles. The Balaban J connectivity index is 1.32. The molecule has 4 heterocycles. The van der Waals surface area contributed by atoms with E-state index < -0.39 is 10.0 Å². The zero-order chi connectivity index (χ0) is 32.7. The third-order valence-electron chi connectivity index (χ3n) is 9.26. The van der Waals surface area contributed by atoms with E-state index in [1.54, 1.807) is 60.8 Å². The molecule has 0 spiro atoms. The van der Waals surface area contributed by atoms with E-state index in [1.807, 2.05) is 38.2 Å². The molecule has 1 N–H and O–H groups in total. The van der Waals surface area contributed by atoms with E-state index in [9.17, 15) is 13.2 Å². The van der Waals surface area contributed by atoms with Gasteiger partial charge in [-0.15, -0.1) is 0 Å². The number of nitrogens with one attached hydrogen (secondary N) is 1. The third kappa shape index (κ3) is 5.93. The Morgan fingerprint density at radius 1 is 1.06 bits per heavy atom. The van der Waals surface area contributed by atoms with E-state index in [4.69, 9.17) is 14.5 Å². The number of carbonyl (C=O) groups excluding carboxylic acids is 1. The van der Waals surface area contributed by atoms with Crippen LogP contribution in [0.4, 0.5) is 0 Å². The average molecular weight is 651 g/mol. The molecule has 10 heteroatoms. The lowest BCUT2D eigenvalue weighted by atomic mass is 9.94. The minimum Gasteiger partial charge on any atom is -0.496 e. The number of hydrogen-bond acceptors (Lipinski definition) is 7. The van der Waals surface area contributed by atoms with Gasteiger partial charge in [-0.1, -0.05) is 35.9 Å². The Labute approximate surface area is 275 Å². The monoisotopic (exact) mass is 650 g/mol. The van der Waals surface area contributed by atoms with Crippen LogP contribution in [0.2, 0.25) is 0 Å². The molecule has 2 aliphatic heterocycles. The van der Waals surface area contributed by atoms with Crippen molar-refractivity contribution in [2.24, 2.45) is 5.92 Å². The van der Waals surface area contributed by atoms with Crippen molar-refractivity contribution >= 4 is 27.0 Å². The summed E-state index contributed by atoms with van der Waals surface area (Å²) >= 11 is 0. The van der Waals surface area contributed by atoms with Gasteiger partial charge in [0.25, 0.3) is 15.9 Å². The molecule has 0 bridgehead atoms. The van der Waals surface area contributed by atoms with Crippen molar-refractivity contribution in [2.75, 3.05) is 40.5 Å². The van der Waals surface area contributed by atoms with Gasteiger partial charge >= 0.3 is 0 Å². The molecule has 1 amide bonds. The average Bonchev–Trinajstić information content (AvgIpc) is 3.76. The van der Waals surface area contributed by atoms with Gasteiger partial charge in [0.2, 0.25) is 0 Å². The highest BCUT2D eigenvalue weighted by molar-refractivity contribution is 7.90. The lowest BCUT2D eigenvalue weighted by Gasteiger charge is -2.21. The van der Waals surface area contributed by atoms with E-state index in [0.717, 1.165) is 66.1 Å². The molecular weight excluding hydrogens is 612 g/mol. The Morgan fingerprint density at radius 2 is 1.85 bits per heavy atom. The Bertz CT molecular complexity index is 2050. The van der Waals surface area contributed by atoms with Crippen LogP contribution >= 0.6 is 0 Å². The highest BCUT2D eigenvalue weighted by Gasteiger charge is 2.25. The predicted octanol–water partition coefficient (Wildman–Crippen LogP) is 5.68. The maximum absolute atomic E-state index is 14.0. The van der Waals surface area contributed by atoms with Crippen LogP contribution in [-0.4, -0.2) is 68.6 Å². The first-order chi connectivity index (χ1) is 22.7. The number of rotatable bonds is 8. The van der Waals surface area contributed by atoms with Gasteiger partial charge in [-0.05, 0) is 79.4 Å². The number of carbonyl (C=O) groups is 1. The van der Waals surface area contributed by atoms with Gasteiger partial charge < -0.3 is 19.7 Å². The summed E-state index contributed by atoms with van der Waals surface area (Å²) < 4.78 is 40.5. The van der Waals surface area contributed by atoms with E-state index in [2.05, 4.69) is 11.4 Å². The number of methoxy groups -OCH3 is 1. The summed E-state index contributed by atoms with van der Waals surface area (Å²) in [5, 5.41) is 4.10. The summed E-state index contributed by atoms with van der Waals surface area (Å²) in [6.45, 7) is 5.63. The van der Waals surface area contributed by atoms with Gasteiger partial charge in [-0.25, -0.2) is 17.4 Å². The molecule has 242 valence electrons. The van der Waals surface area contributed by atoms with E-state index in [0.29, 0.717) is 41.2 Å². The molecule has 7 rings (SSSR count). The van der Waals surface area contributed by atoms with Crippen LogP contribution in [0.1, 0.15) is 33.5 Å².